The lowest BCUT2D eigenvalue weighted by Gasteiger charge is -2.24. The fraction of sp³-hybridized carbons (Fsp3) is 0.286. The number of nitrogens with zero attached hydrogens (tertiary/aromatic N) is 2. The molecule has 1 aromatic heterocycles. The molecule has 1 aliphatic heterocycles. The molecule has 6 heteroatoms. The van der Waals surface area contributed by atoms with Crippen molar-refractivity contribution in [2.45, 2.75) is 6.42 Å². The van der Waals surface area contributed by atoms with Gasteiger partial charge in [0.15, 0.2) is 5.82 Å². The van der Waals surface area contributed by atoms with Gasteiger partial charge in [0.1, 0.15) is 12.4 Å². The molecule has 1 aliphatic rings. The second kappa shape index (κ2) is 5.17. The Balaban J connectivity index is 1.71. The Morgan fingerprint density at radius 3 is 3.10 bits per heavy atom. The number of ether oxygens (including phenoxy) is 1. The van der Waals surface area contributed by atoms with Gasteiger partial charge in [0.2, 0.25) is 5.91 Å². The van der Waals surface area contributed by atoms with Gasteiger partial charge in [-0.15, -0.1) is 0 Å². The largest absolute Gasteiger partial charge is 0.492 e. The van der Waals surface area contributed by atoms with E-state index in [1.165, 1.54) is 0 Å². The molecule has 3 rings (SSSR count). The molecule has 1 N–H and O–H groups in total. The van der Waals surface area contributed by atoms with Crippen LogP contribution in [-0.2, 0) is 18.3 Å². The summed E-state index contributed by atoms with van der Waals surface area (Å²) in [6, 6.07) is 7.22. The second-order valence-electron chi connectivity index (χ2n) is 4.83. The van der Waals surface area contributed by atoms with Crippen LogP contribution in [-0.4, -0.2) is 22.3 Å². The molecule has 0 radical (unpaired) electrons. The normalized spacial score (nSPS) is 17.2. The molecule has 1 atom stereocenters. The highest BCUT2D eigenvalue weighted by Crippen LogP contribution is 2.30. The van der Waals surface area contributed by atoms with E-state index in [0.29, 0.717) is 23.9 Å². The molecular weight excluding hydrogens is 278 g/mol. The molecule has 104 valence electrons. The zero-order chi connectivity index (χ0) is 14.1. The van der Waals surface area contributed by atoms with E-state index in [1.54, 1.807) is 30.1 Å². The predicted octanol–water partition coefficient (Wildman–Crippen LogP) is 2.26. The molecule has 2 aromatic rings. The van der Waals surface area contributed by atoms with Gasteiger partial charge in [0.25, 0.3) is 0 Å². The van der Waals surface area contributed by atoms with E-state index in [2.05, 4.69) is 10.4 Å². The number of carbonyl (C=O) groups is 1. The van der Waals surface area contributed by atoms with Crippen LogP contribution in [0.1, 0.15) is 5.56 Å². The van der Waals surface area contributed by atoms with E-state index in [-0.39, 0.29) is 11.8 Å². The minimum absolute atomic E-state index is 0.0886. The van der Waals surface area contributed by atoms with Crippen LogP contribution in [0.5, 0.6) is 5.75 Å². The standard InChI is InChI=1S/C14H14ClN3O2/c1-18-5-4-13(17-18)16-14(19)10-6-9-7-11(15)2-3-12(9)20-8-10/h2-5,7,10H,6,8H2,1H3,(H,16,17,19)/t10-/m1/s1. The highest BCUT2D eigenvalue weighted by Gasteiger charge is 2.26. The van der Waals surface area contributed by atoms with Gasteiger partial charge in [0.05, 0.1) is 5.92 Å². The predicted molar refractivity (Wildman–Crippen MR) is 76.0 cm³/mol. The lowest BCUT2D eigenvalue weighted by Crippen LogP contribution is -2.32. The van der Waals surface area contributed by atoms with Crippen LogP contribution < -0.4 is 10.1 Å². The van der Waals surface area contributed by atoms with Crippen molar-refractivity contribution >= 4 is 23.3 Å². The van der Waals surface area contributed by atoms with Gasteiger partial charge in [-0.05, 0) is 30.2 Å². The van der Waals surface area contributed by atoms with E-state index in [4.69, 9.17) is 16.3 Å². The Kier molecular flexibility index (Phi) is 3.36. The van der Waals surface area contributed by atoms with Crippen molar-refractivity contribution in [3.63, 3.8) is 0 Å². The smallest absolute Gasteiger partial charge is 0.232 e. The maximum absolute atomic E-state index is 12.2. The molecule has 0 fully saturated rings. The van der Waals surface area contributed by atoms with Gasteiger partial charge in [-0.1, -0.05) is 11.6 Å². The van der Waals surface area contributed by atoms with Gasteiger partial charge in [-0.25, -0.2) is 0 Å². The van der Waals surface area contributed by atoms with Crippen molar-refractivity contribution in [1.82, 2.24) is 9.78 Å². The third-order valence-electron chi connectivity index (χ3n) is 3.26. The van der Waals surface area contributed by atoms with E-state index in [0.717, 1.165) is 11.3 Å². The minimum atomic E-state index is -0.233. The summed E-state index contributed by atoms with van der Waals surface area (Å²) in [5.74, 6) is 1.03. The first-order chi connectivity index (χ1) is 9.61. The van der Waals surface area contributed by atoms with Crippen LogP contribution >= 0.6 is 11.6 Å². The molecule has 0 bridgehead atoms. The summed E-state index contributed by atoms with van der Waals surface area (Å²) in [7, 11) is 1.80. The number of aryl methyl sites for hydroxylation is 1. The van der Waals surface area contributed by atoms with Crippen LogP contribution in [0.2, 0.25) is 5.02 Å². The van der Waals surface area contributed by atoms with E-state index < -0.39 is 0 Å². The summed E-state index contributed by atoms with van der Waals surface area (Å²) in [5.41, 5.74) is 0.963. The van der Waals surface area contributed by atoms with Gasteiger partial charge >= 0.3 is 0 Å². The first kappa shape index (κ1) is 13.0. The number of anilines is 1. The van der Waals surface area contributed by atoms with Crippen LogP contribution in [0, 0.1) is 5.92 Å². The van der Waals surface area contributed by atoms with Crippen molar-refractivity contribution in [2.75, 3.05) is 11.9 Å². The molecule has 0 aliphatic carbocycles. The van der Waals surface area contributed by atoms with Crippen molar-refractivity contribution in [1.29, 1.82) is 0 Å². The second-order valence-corrected chi connectivity index (χ2v) is 5.26. The summed E-state index contributed by atoms with van der Waals surface area (Å²) in [6.45, 7) is 0.368. The minimum Gasteiger partial charge on any atom is -0.492 e. The summed E-state index contributed by atoms with van der Waals surface area (Å²) in [6.07, 6.45) is 2.40. The Labute approximate surface area is 121 Å². The van der Waals surface area contributed by atoms with Crippen LogP contribution in [0.15, 0.2) is 30.5 Å². The van der Waals surface area contributed by atoms with Crippen molar-refractivity contribution in [3.05, 3.63) is 41.0 Å². The summed E-state index contributed by atoms with van der Waals surface area (Å²) >= 11 is 5.97. The molecule has 0 unspecified atom stereocenters. The summed E-state index contributed by atoms with van der Waals surface area (Å²) < 4.78 is 7.25. The van der Waals surface area contributed by atoms with Gasteiger partial charge in [-0.3, -0.25) is 9.48 Å². The number of halogens is 1. The van der Waals surface area contributed by atoms with E-state index >= 15 is 0 Å². The number of fused-ring (bicyclic) bond motifs is 1. The monoisotopic (exact) mass is 291 g/mol. The Hall–Kier alpha value is -2.01. The Bertz CT molecular complexity index is 654. The average Bonchev–Trinajstić information content (AvgIpc) is 2.83. The van der Waals surface area contributed by atoms with Crippen LogP contribution in [0.25, 0.3) is 0 Å². The molecule has 1 aromatic carbocycles. The Morgan fingerprint density at radius 1 is 1.50 bits per heavy atom. The number of rotatable bonds is 2. The highest BCUT2D eigenvalue weighted by molar-refractivity contribution is 6.30. The number of hydrogen-bond donors (Lipinski definition) is 1. The topological polar surface area (TPSA) is 56.2 Å². The number of carbonyl (C=O) groups excluding carboxylic acids is 1. The molecule has 0 spiro atoms. The zero-order valence-electron chi connectivity index (χ0n) is 11.0. The molecular formula is C14H14ClN3O2. The zero-order valence-corrected chi connectivity index (χ0v) is 11.7. The molecule has 0 saturated carbocycles. The van der Waals surface area contributed by atoms with Crippen molar-refractivity contribution in [2.24, 2.45) is 13.0 Å². The summed E-state index contributed by atoms with van der Waals surface area (Å²) in [5, 5.41) is 7.57. The van der Waals surface area contributed by atoms with Gasteiger partial charge < -0.3 is 10.1 Å². The first-order valence-corrected chi connectivity index (χ1v) is 6.71. The number of nitrogens with one attached hydrogen (secondary N) is 1. The molecule has 0 saturated heterocycles. The maximum Gasteiger partial charge on any atom is 0.232 e. The van der Waals surface area contributed by atoms with Crippen LogP contribution in [0.4, 0.5) is 5.82 Å². The SMILES string of the molecule is Cn1ccc(NC(=O)[C@H]2COc3ccc(Cl)cc3C2)n1. The van der Waals surface area contributed by atoms with Gasteiger partial charge in [0, 0.05) is 24.3 Å². The molecule has 20 heavy (non-hydrogen) atoms. The van der Waals surface area contributed by atoms with E-state index in [1.807, 2.05) is 12.1 Å². The van der Waals surface area contributed by atoms with Crippen LogP contribution in [0.3, 0.4) is 0 Å². The van der Waals surface area contributed by atoms with Gasteiger partial charge in [-0.2, -0.15) is 5.10 Å². The first-order valence-electron chi connectivity index (χ1n) is 6.33. The molecule has 1 amide bonds. The quantitative estimate of drug-likeness (QED) is 0.923. The Morgan fingerprint density at radius 2 is 2.35 bits per heavy atom. The van der Waals surface area contributed by atoms with Crippen molar-refractivity contribution in [3.8, 4) is 5.75 Å². The van der Waals surface area contributed by atoms with E-state index in [9.17, 15) is 4.79 Å². The number of hydrogen-bond acceptors (Lipinski definition) is 3. The fourth-order valence-corrected chi connectivity index (χ4v) is 2.44. The summed E-state index contributed by atoms with van der Waals surface area (Å²) in [4.78, 5) is 12.2. The molecule has 5 nitrogen and oxygen atoms in total. The number of benzene rings is 1. The number of amides is 1. The fourth-order valence-electron chi connectivity index (χ4n) is 2.24. The third kappa shape index (κ3) is 2.63. The lowest BCUT2D eigenvalue weighted by molar-refractivity contribution is -0.121. The third-order valence-corrected chi connectivity index (χ3v) is 3.50. The maximum atomic E-state index is 12.2. The average molecular weight is 292 g/mol. The molecule has 2 heterocycles. The highest BCUT2D eigenvalue weighted by atomic mass is 35.5. The van der Waals surface area contributed by atoms with Crippen molar-refractivity contribution < 1.29 is 9.53 Å². The number of aromatic nitrogens is 2. The lowest BCUT2D eigenvalue weighted by atomic mass is 9.96.